The Hall–Kier alpha value is 0.760. The van der Waals surface area contributed by atoms with Gasteiger partial charge in [-0.15, -0.1) is 11.6 Å². The molecule has 0 radical (unpaired) electrons. The van der Waals surface area contributed by atoms with Crippen molar-refractivity contribution in [1.82, 2.24) is 0 Å². The van der Waals surface area contributed by atoms with Gasteiger partial charge in [0.2, 0.25) is 0 Å². The molecule has 50 valence electrons. The SMILES string of the molecule is CC(CCCl)C(=O)O.[NaH]. The molecule has 0 aliphatic rings. The van der Waals surface area contributed by atoms with Gasteiger partial charge in [0.1, 0.15) is 0 Å². The zero-order valence-electron chi connectivity index (χ0n) is 4.72. The molecule has 0 aliphatic heterocycles. The van der Waals surface area contributed by atoms with Gasteiger partial charge in [-0.1, -0.05) is 6.92 Å². The Morgan fingerprint density at radius 3 is 2.33 bits per heavy atom. The summed E-state index contributed by atoms with van der Waals surface area (Å²) in [5.41, 5.74) is 0. The summed E-state index contributed by atoms with van der Waals surface area (Å²) in [4.78, 5) is 10.0. The number of alkyl halides is 1. The first-order valence-electron chi connectivity index (χ1n) is 2.47. The van der Waals surface area contributed by atoms with Gasteiger partial charge in [0.15, 0.2) is 0 Å². The van der Waals surface area contributed by atoms with E-state index in [0.29, 0.717) is 12.3 Å². The van der Waals surface area contributed by atoms with E-state index >= 15 is 0 Å². The average molecular weight is 161 g/mol. The number of carboxylic acid groups (broad SMARTS) is 1. The molecule has 0 fully saturated rings. The van der Waals surface area contributed by atoms with E-state index in [0.717, 1.165) is 0 Å². The second kappa shape index (κ2) is 6.87. The zero-order chi connectivity index (χ0) is 6.57. The van der Waals surface area contributed by atoms with Crippen molar-refractivity contribution in [3.8, 4) is 0 Å². The van der Waals surface area contributed by atoms with E-state index in [-0.39, 0.29) is 35.5 Å². The summed E-state index contributed by atoms with van der Waals surface area (Å²) in [6, 6.07) is 0. The van der Waals surface area contributed by atoms with Gasteiger partial charge in [-0.2, -0.15) is 0 Å². The van der Waals surface area contributed by atoms with Gasteiger partial charge in [0.05, 0.1) is 5.92 Å². The predicted octanol–water partition coefficient (Wildman–Crippen LogP) is 0.688. The molecule has 0 saturated heterocycles. The van der Waals surface area contributed by atoms with Crippen LogP contribution in [0.1, 0.15) is 13.3 Å². The molecule has 2 nitrogen and oxygen atoms in total. The van der Waals surface area contributed by atoms with Crippen LogP contribution in [0, 0.1) is 5.92 Å². The summed E-state index contributed by atoms with van der Waals surface area (Å²) in [5.74, 6) is -0.647. The molecule has 1 atom stereocenters. The molecule has 0 aromatic rings. The second-order valence-corrected chi connectivity index (χ2v) is 2.09. The van der Waals surface area contributed by atoms with Crippen LogP contribution >= 0.6 is 11.6 Å². The zero-order valence-corrected chi connectivity index (χ0v) is 5.48. The number of hydrogen-bond acceptors (Lipinski definition) is 1. The van der Waals surface area contributed by atoms with E-state index in [2.05, 4.69) is 0 Å². The molecule has 0 aromatic carbocycles. The standard InChI is InChI=1S/C5H9ClO2.Na.H/c1-4(2-3-6)5(7)8;;/h4H,2-3H2,1H3,(H,7,8);;. The summed E-state index contributed by atoms with van der Waals surface area (Å²) in [6.45, 7) is 1.64. The van der Waals surface area contributed by atoms with E-state index < -0.39 is 5.97 Å². The van der Waals surface area contributed by atoms with Crippen LogP contribution in [0.4, 0.5) is 0 Å². The molecule has 4 heteroatoms. The summed E-state index contributed by atoms with van der Waals surface area (Å²) in [6.07, 6.45) is 0.552. The topological polar surface area (TPSA) is 37.3 Å². The van der Waals surface area contributed by atoms with Crippen LogP contribution in [0.3, 0.4) is 0 Å². The fourth-order valence-corrected chi connectivity index (χ4v) is 0.614. The minimum atomic E-state index is -0.773. The first-order chi connectivity index (χ1) is 3.68. The molecule has 0 amide bonds. The fraction of sp³-hybridized carbons (Fsp3) is 0.800. The van der Waals surface area contributed by atoms with Crippen LogP contribution in [0.25, 0.3) is 0 Å². The van der Waals surface area contributed by atoms with Crippen LogP contribution in [-0.2, 0) is 4.79 Å². The van der Waals surface area contributed by atoms with Gasteiger partial charge in [-0.05, 0) is 6.42 Å². The summed E-state index contributed by atoms with van der Waals surface area (Å²) < 4.78 is 0. The summed E-state index contributed by atoms with van der Waals surface area (Å²) >= 11 is 5.28. The van der Waals surface area contributed by atoms with Crippen LogP contribution in [0.15, 0.2) is 0 Å². The molecule has 0 spiro atoms. The van der Waals surface area contributed by atoms with Crippen LogP contribution in [0.2, 0.25) is 0 Å². The average Bonchev–Trinajstić information content (AvgIpc) is 1.67. The van der Waals surface area contributed by atoms with Crippen molar-refractivity contribution in [2.45, 2.75) is 13.3 Å². The van der Waals surface area contributed by atoms with Crippen molar-refractivity contribution in [1.29, 1.82) is 0 Å². The molecule has 0 bridgehead atoms. The number of aliphatic carboxylic acids is 1. The van der Waals surface area contributed by atoms with Gasteiger partial charge in [-0.25, -0.2) is 0 Å². The molecular weight excluding hydrogens is 150 g/mol. The maximum atomic E-state index is 10.0. The number of hydrogen-bond donors (Lipinski definition) is 1. The molecule has 1 unspecified atom stereocenters. The van der Waals surface area contributed by atoms with E-state index in [1.807, 2.05) is 0 Å². The van der Waals surface area contributed by atoms with Crippen LogP contribution in [0.5, 0.6) is 0 Å². The Morgan fingerprint density at radius 1 is 1.78 bits per heavy atom. The summed E-state index contributed by atoms with van der Waals surface area (Å²) in [5, 5.41) is 8.25. The Kier molecular flexibility index (Phi) is 9.50. The van der Waals surface area contributed by atoms with Crippen molar-refractivity contribution in [3.63, 3.8) is 0 Å². The van der Waals surface area contributed by atoms with Gasteiger partial charge in [0.25, 0.3) is 0 Å². The molecule has 1 N–H and O–H groups in total. The number of halogens is 1. The first-order valence-corrected chi connectivity index (χ1v) is 3.00. The van der Waals surface area contributed by atoms with Gasteiger partial charge in [0, 0.05) is 5.88 Å². The third-order valence-electron chi connectivity index (χ3n) is 0.964. The van der Waals surface area contributed by atoms with E-state index in [1.165, 1.54) is 0 Å². The molecule has 0 saturated carbocycles. The van der Waals surface area contributed by atoms with E-state index in [1.54, 1.807) is 6.92 Å². The minimum absolute atomic E-state index is 0. The number of carboxylic acids is 1. The number of rotatable bonds is 3. The molecule has 0 heterocycles. The van der Waals surface area contributed by atoms with Crippen LogP contribution in [-0.4, -0.2) is 46.5 Å². The monoisotopic (exact) mass is 160 g/mol. The maximum absolute atomic E-state index is 10.0. The van der Waals surface area contributed by atoms with Crippen molar-refractivity contribution < 1.29 is 9.90 Å². The van der Waals surface area contributed by atoms with Crippen molar-refractivity contribution in [3.05, 3.63) is 0 Å². The molecule has 9 heavy (non-hydrogen) atoms. The van der Waals surface area contributed by atoms with Gasteiger partial charge < -0.3 is 5.11 Å². The molecule has 0 rings (SSSR count). The second-order valence-electron chi connectivity index (χ2n) is 1.72. The van der Waals surface area contributed by atoms with Gasteiger partial charge in [-0.3, -0.25) is 4.79 Å². The summed E-state index contributed by atoms with van der Waals surface area (Å²) in [7, 11) is 0. The first kappa shape index (κ1) is 12.4. The molecular formula is C5H10ClNaO2. The van der Waals surface area contributed by atoms with E-state index in [9.17, 15) is 4.79 Å². The van der Waals surface area contributed by atoms with Crippen LogP contribution < -0.4 is 0 Å². The number of carbonyl (C=O) groups is 1. The Morgan fingerprint density at radius 2 is 2.22 bits per heavy atom. The molecule has 0 aliphatic carbocycles. The Bertz CT molecular complexity index is 87.0. The quantitative estimate of drug-likeness (QED) is 0.487. The Labute approximate surface area is 81.9 Å². The predicted molar refractivity (Wildman–Crippen MR) is 39.3 cm³/mol. The van der Waals surface area contributed by atoms with Gasteiger partial charge >= 0.3 is 35.5 Å². The third kappa shape index (κ3) is 6.65. The molecule has 0 aromatic heterocycles. The fourth-order valence-electron chi connectivity index (χ4n) is 0.287. The van der Waals surface area contributed by atoms with E-state index in [4.69, 9.17) is 16.7 Å². The normalized spacial score (nSPS) is 11.8. The third-order valence-corrected chi connectivity index (χ3v) is 1.18. The Balaban J connectivity index is 0. The van der Waals surface area contributed by atoms with Crippen molar-refractivity contribution in [2.75, 3.05) is 5.88 Å². The van der Waals surface area contributed by atoms with Crippen molar-refractivity contribution >= 4 is 47.1 Å². The van der Waals surface area contributed by atoms with Crippen molar-refractivity contribution in [2.24, 2.45) is 5.92 Å².